The lowest BCUT2D eigenvalue weighted by molar-refractivity contribution is -0.137. The quantitative estimate of drug-likeness (QED) is 0.292. The van der Waals surface area contributed by atoms with Gasteiger partial charge in [-0.05, 0) is 67.8 Å². The number of aliphatic imine (C=N–C) groups is 1. The van der Waals surface area contributed by atoms with E-state index in [4.69, 9.17) is 4.74 Å². The molecule has 0 aliphatic carbocycles. The molecule has 1 atom stereocenters. The van der Waals surface area contributed by atoms with E-state index in [1.54, 1.807) is 19.1 Å². The number of nitrogens with zero attached hydrogens (tertiary/aromatic N) is 2. The Labute approximate surface area is 239 Å². The third kappa shape index (κ3) is 8.20. The van der Waals surface area contributed by atoms with E-state index in [0.717, 1.165) is 29.5 Å². The highest BCUT2D eigenvalue weighted by molar-refractivity contribution is 8.15. The summed E-state index contributed by atoms with van der Waals surface area (Å²) in [6, 6.07) is 20.4. The predicted octanol–water partition coefficient (Wildman–Crippen LogP) is 6.48. The molecule has 3 aromatic carbocycles. The molecule has 1 unspecified atom stereocenters. The van der Waals surface area contributed by atoms with Gasteiger partial charge in [-0.3, -0.25) is 14.5 Å². The highest BCUT2D eigenvalue weighted by Crippen LogP contribution is 2.34. The van der Waals surface area contributed by atoms with Gasteiger partial charge in [-0.25, -0.2) is 9.79 Å². The lowest BCUT2D eigenvalue weighted by atomic mass is 10.1. The molecule has 7 nitrogen and oxygen atoms in total. The average molecular weight is 584 g/mol. The second kappa shape index (κ2) is 13.5. The zero-order valence-corrected chi connectivity index (χ0v) is 23.0. The SMILES string of the molecule is CCOC(=O)c1ccc(NC(=O)C2CC(=O)N(CCCc3ccccc3)C(=Nc3cccc(C(F)(F)F)c3)S2)cc1. The second-order valence-electron chi connectivity index (χ2n) is 9.17. The summed E-state index contributed by atoms with van der Waals surface area (Å²) in [7, 11) is 0. The highest BCUT2D eigenvalue weighted by Gasteiger charge is 2.36. The van der Waals surface area contributed by atoms with Crippen LogP contribution in [0, 0.1) is 0 Å². The number of hydrogen-bond donors (Lipinski definition) is 1. The molecule has 0 aromatic heterocycles. The van der Waals surface area contributed by atoms with Crippen molar-refractivity contribution in [1.82, 2.24) is 4.90 Å². The molecule has 11 heteroatoms. The van der Waals surface area contributed by atoms with Gasteiger partial charge in [-0.2, -0.15) is 13.2 Å². The van der Waals surface area contributed by atoms with Crippen molar-refractivity contribution in [2.24, 2.45) is 4.99 Å². The van der Waals surface area contributed by atoms with Crippen molar-refractivity contribution < 1.29 is 32.3 Å². The number of hydrogen-bond acceptors (Lipinski definition) is 6. The van der Waals surface area contributed by atoms with E-state index < -0.39 is 28.9 Å². The summed E-state index contributed by atoms with van der Waals surface area (Å²) in [6.07, 6.45) is -3.36. The number of anilines is 1. The van der Waals surface area contributed by atoms with Gasteiger partial charge in [0.1, 0.15) is 5.25 Å². The molecule has 4 rings (SSSR count). The molecule has 1 saturated heterocycles. The van der Waals surface area contributed by atoms with E-state index >= 15 is 0 Å². The van der Waals surface area contributed by atoms with Crippen LogP contribution in [0.1, 0.15) is 41.3 Å². The molecule has 1 aliphatic heterocycles. The molecule has 41 heavy (non-hydrogen) atoms. The first-order chi connectivity index (χ1) is 19.6. The lowest BCUT2D eigenvalue weighted by Gasteiger charge is -2.32. The molecule has 214 valence electrons. The Hall–Kier alpha value is -4.12. The number of aryl methyl sites for hydroxylation is 1. The largest absolute Gasteiger partial charge is 0.462 e. The maximum atomic E-state index is 13.3. The van der Waals surface area contributed by atoms with Gasteiger partial charge in [-0.15, -0.1) is 0 Å². The van der Waals surface area contributed by atoms with E-state index in [0.29, 0.717) is 30.6 Å². The van der Waals surface area contributed by atoms with Gasteiger partial charge in [0.15, 0.2) is 5.17 Å². The van der Waals surface area contributed by atoms with Gasteiger partial charge in [0.25, 0.3) is 0 Å². The fraction of sp³-hybridized carbons (Fsp3) is 0.267. The third-order valence-electron chi connectivity index (χ3n) is 6.18. The van der Waals surface area contributed by atoms with Crippen LogP contribution in [0.2, 0.25) is 0 Å². The predicted molar refractivity (Wildman–Crippen MR) is 152 cm³/mol. The molecular formula is C30H28F3N3O4S. The Morgan fingerprint density at radius 1 is 1.05 bits per heavy atom. The van der Waals surface area contributed by atoms with E-state index in [1.807, 2.05) is 30.3 Å². The van der Waals surface area contributed by atoms with Gasteiger partial charge in [-0.1, -0.05) is 48.2 Å². The number of rotatable bonds is 9. The summed E-state index contributed by atoms with van der Waals surface area (Å²) in [6.45, 7) is 2.23. The van der Waals surface area contributed by atoms with Crippen molar-refractivity contribution in [1.29, 1.82) is 0 Å². The minimum absolute atomic E-state index is 0.0267. The smallest absolute Gasteiger partial charge is 0.416 e. The second-order valence-corrected chi connectivity index (χ2v) is 10.3. The van der Waals surface area contributed by atoms with E-state index in [-0.39, 0.29) is 29.8 Å². The summed E-state index contributed by atoms with van der Waals surface area (Å²) in [5.41, 5.74) is 1.00. The van der Waals surface area contributed by atoms with Gasteiger partial charge < -0.3 is 10.1 Å². The highest BCUT2D eigenvalue weighted by atomic mass is 32.2. The van der Waals surface area contributed by atoms with Gasteiger partial charge in [0.2, 0.25) is 11.8 Å². The summed E-state index contributed by atoms with van der Waals surface area (Å²) in [5, 5.41) is 2.04. The van der Waals surface area contributed by atoms with Crippen LogP contribution in [-0.4, -0.2) is 46.3 Å². The summed E-state index contributed by atoms with van der Waals surface area (Å²) >= 11 is 1.03. The molecule has 1 aliphatic rings. The van der Waals surface area contributed by atoms with Crippen molar-refractivity contribution >= 4 is 46.1 Å². The Morgan fingerprint density at radius 2 is 1.78 bits per heavy atom. The number of halogens is 3. The number of carbonyl (C=O) groups excluding carboxylic acids is 3. The average Bonchev–Trinajstić information content (AvgIpc) is 2.95. The zero-order valence-electron chi connectivity index (χ0n) is 22.2. The van der Waals surface area contributed by atoms with Crippen LogP contribution in [-0.2, 0) is 26.9 Å². The fourth-order valence-corrected chi connectivity index (χ4v) is 5.26. The van der Waals surface area contributed by atoms with Gasteiger partial charge in [0.05, 0.1) is 23.4 Å². The lowest BCUT2D eigenvalue weighted by Crippen LogP contribution is -2.45. The molecule has 2 amide bonds. The Morgan fingerprint density at radius 3 is 2.46 bits per heavy atom. The fourth-order valence-electron chi connectivity index (χ4n) is 4.14. The van der Waals surface area contributed by atoms with Crippen molar-refractivity contribution in [3.8, 4) is 0 Å². The zero-order chi connectivity index (χ0) is 29.4. The summed E-state index contributed by atoms with van der Waals surface area (Å²) in [4.78, 5) is 44.1. The molecule has 1 N–H and O–H groups in total. The van der Waals surface area contributed by atoms with Gasteiger partial charge in [0, 0.05) is 18.7 Å². The Bertz CT molecular complexity index is 1410. The number of thioether (sulfide) groups is 1. The molecule has 0 spiro atoms. The first-order valence-corrected chi connectivity index (χ1v) is 13.9. The van der Waals surface area contributed by atoms with Crippen LogP contribution in [0.3, 0.4) is 0 Å². The maximum absolute atomic E-state index is 13.3. The van der Waals surface area contributed by atoms with E-state index in [2.05, 4.69) is 10.3 Å². The van der Waals surface area contributed by atoms with Gasteiger partial charge >= 0.3 is 12.1 Å². The molecule has 0 bridgehead atoms. The number of carbonyl (C=O) groups is 3. The number of ether oxygens (including phenoxy) is 1. The van der Waals surface area contributed by atoms with Crippen LogP contribution in [0.5, 0.6) is 0 Å². The topological polar surface area (TPSA) is 88.1 Å². The molecular weight excluding hydrogens is 555 g/mol. The number of amides is 2. The summed E-state index contributed by atoms with van der Waals surface area (Å²) < 4.78 is 44.9. The normalized spacial score (nSPS) is 16.5. The van der Waals surface area contributed by atoms with Crippen LogP contribution < -0.4 is 5.32 Å². The van der Waals surface area contributed by atoms with Crippen molar-refractivity contribution in [3.63, 3.8) is 0 Å². The molecule has 3 aromatic rings. The number of benzene rings is 3. The summed E-state index contributed by atoms with van der Waals surface area (Å²) in [5.74, 6) is -1.30. The Kier molecular flexibility index (Phi) is 9.82. The van der Waals surface area contributed by atoms with Crippen LogP contribution >= 0.6 is 11.8 Å². The molecule has 0 radical (unpaired) electrons. The standard InChI is InChI=1S/C30H28F3N3O4S/c1-2-40-28(39)21-13-15-23(16-14-21)34-27(38)25-19-26(37)36(17-7-10-20-8-4-3-5-9-20)29(41-25)35-24-12-6-11-22(18-24)30(31,32)33/h3-6,8-9,11-16,18,25H,2,7,10,17,19H2,1H3,(H,34,38). The van der Waals surface area contributed by atoms with Crippen molar-refractivity contribution in [2.45, 2.75) is 37.6 Å². The van der Waals surface area contributed by atoms with Crippen molar-refractivity contribution in [3.05, 3.63) is 95.6 Å². The first-order valence-electron chi connectivity index (χ1n) is 13.0. The van der Waals surface area contributed by atoms with E-state index in [9.17, 15) is 27.6 Å². The molecule has 1 heterocycles. The number of alkyl halides is 3. The first kappa shape index (κ1) is 29.9. The number of amidine groups is 1. The van der Waals surface area contributed by atoms with E-state index in [1.165, 1.54) is 29.2 Å². The minimum atomic E-state index is -4.55. The maximum Gasteiger partial charge on any atom is 0.416 e. The number of nitrogens with one attached hydrogen (secondary N) is 1. The third-order valence-corrected chi connectivity index (χ3v) is 7.37. The molecule has 1 fully saturated rings. The molecule has 0 saturated carbocycles. The van der Waals surface area contributed by atoms with Crippen LogP contribution in [0.4, 0.5) is 24.5 Å². The van der Waals surface area contributed by atoms with Crippen molar-refractivity contribution in [2.75, 3.05) is 18.5 Å². The van der Waals surface area contributed by atoms with Crippen LogP contribution in [0.15, 0.2) is 83.9 Å². The Balaban J connectivity index is 1.52. The van der Waals surface area contributed by atoms with Crippen LogP contribution in [0.25, 0.3) is 0 Å². The monoisotopic (exact) mass is 583 g/mol. The number of esters is 1. The minimum Gasteiger partial charge on any atom is -0.462 e.